The van der Waals surface area contributed by atoms with Gasteiger partial charge in [0.1, 0.15) is 0 Å². The molecule has 1 N–H and O–H groups in total. The fourth-order valence-electron chi connectivity index (χ4n) is 6.72. The van der Waals surface area contributed by atoms with E-state index >= 15 is 0 Å². The Labute approximate surface area is 250 Å². The van der Waals surface area contributed by atoms with Crippen molar-refractivity contribution in [3.8, 4) is 0 Å². The van der Waals surface area contributed by atoms with Crippen LogP contribution < -0.4 is 5.32 Å². The van der Waals surface area contributed by atoms with E-state index < -0.39 is 0 Å². The van der Waals surface area contributed by atoms with Crippen LogP contribution in [0.1, 0.15) is 60.5 Å². The van der Waals surface area contributed by atoms with Crippen molar-refractivity contribution in [2.75, 3.05) is 44.6 Å². The molecule has 2 aliphatic rings. The van der Waals surface area contributed by atoms with Crippen molar-refractivity contribution >= 4 is 28.2 Å². The van der Waals surface area contributed by atoms with Crippen molar-refractivity contribution in [3.63, 3.8) is 0 Å². The van der Waals surface area contributed by atoms with Gasteiger partial charge in [0, 0.05) is 60.6 Å². The highest BCUT2D eigenvalue weighted by Crippen LogP contribution is 2.34. The number of hydrogen-bond donors (Lipinski definition) is 1. The minimum Gasteiger partial charge on any atom is -0.384 e. The zero-order valence-electron chi connectivity index (χ0n) is 24.2. The molecule has 1 aliphatic heterocycles. The maximum absolute atomic E-state index is 6.30. The average Bonchev–Trinajstić information content (AvgIpc) is 3.02. The molecule has 1 saturated heterocycles. The first kappa shape index (κ1) is 28.2. The number of pyridine rings is 1. The third kappa shape index (κ3) is 7.12. The molecule has 214 valence electrons. The lowest BCUT2D eigenvalue weighted by Crippen LogP contribution is -2.48. The van der Waals surface area contributed by atoms with Crippen LogP contribution >= 0.6 is 11.6 Å². The maximum Gasteiger partial charge on any atom is 0.0741 e. The average molecular weight is 567 g/mol. The lowest BCUT2D eigenvalue weighted by Gasteiger charge is -2.39. The predicted octanol–water partition coefficient (Wildman–Crippen LogP) is 7.95. The predicted molar refractivity (Wildman–Crippen MR) is 173 cm³/mol. The number of hydrogen-bond acceptors (Lipinski definition) is 4. The number of unbranched alkanes of at least 4 members (excludes halogenated alkanes) is 2. The number of fused-ring (bicyclic) bond motifs is 2. The molecule has 1 atom stereocenters. The van der Waals surface area contributed by atoms with E-state index in [-0.39, 0.29) is 0 Å². The van der Waals surface area contributed by atoms with E-state index in [0.29, 0.717) is 6.04 Å². The molecule has 1 fully saturated rings. The second kappa shape index (κ2) is 13.8. The standard InChI is InChI=1S/C36H43ClN4/c37-30-18-19-32-34(27-30)39-33-17-9-8-16-31(33)36(32)38-20-10-3-11-21-40-22-24-41(25-23-40)35(29-14-6-2-7-15-29)26-28-12-4-1-5-13-28/h1-2,4-7,12-15,18-19,27,35H,3,8-11,16-17,20-26H2,(H,38,39). The Balaban J connectivity index is 0.973. The van der Waals surface area contributed by atoms with Gasteiger partial charge in [-0.25, -0.2) is 0 Å². The van der Waals surface area contributed by atoms with Gasteiger partial charge in [-0.15, -0.1) is 0 Å². The highest BCUT2D eigenvalue weighted by Gasteiger charge is 2.25. The van der Waals surface area contributed by atoms with Crippen LogP contribution in [0.2, 0.25) is 5.02 Å². The molecule has 5 heteroatoms. The summed E-state index contributed by atoms with van der Waals surface area (Å²) in [6.07, 6.45) is 9.49. The number of benzene rings is 3. The summed E-state index contributed by atoms with van der Waals surface area (Å²) in [7, 11) is 0. The zero-order chi connectivity index (χ0) is 27.9. The topological polar surface area (TPSA) is 31.4 Å². The van der Waals surface area contributed by atoms with Gasteiger partial charge < -0.3 is 10.2 Å². The second-order valence-corrected chi connectivity index (χ2v) is 12.2. The van der Waals surface area contributed by atoms with Crippen LogP contribution in [0.25, 0.3) is 10.9 Å². The highest BCUT2D eigenvalue weighted by atomic mass is 35.5. The minimum absolute atomic E-state index is 0.442. The highest BCUT2D eigenvalue weighted by molar-refractivity contribution is 6.31. The number of aromatic nitrogens is 1. The molecule has 1 aromatic heterocycles. The largest absolute Gasteiger partial charge is 0.384 e. The van der Waals surface area contributed by atoms with E-state index in [2.05, 4.69) is 81.8 Å². The summed E-state index contributed by atoms with van der Waals surface area (Å²) in [5.74, 6) is 0. The Bertz CT molecular complexity index is 1400. The first-order chi connectivity index (χ1) is 20.2. The van der Waals surface area contributed by atoms with Crippen LogP contribution in [0.5, 0.6) is 0 Å². The molecule has 4 nitrogen and oxygen atoms in total. The SMILES string of the molecule is Clc1ccc2c(NCCCCCN3CCN(C(Cc4ccccc4)c4ccccc4)CC3)c3c(nc2c1)CCCC3. The summed E-state index contributed by atoms with van der Waals surface area (Å²) in [5, 5.41) is 5.80. The molecule has 0 amide bonds. The fourth-order valence-corrected chi connectivity index (χ4v) is 6.89. The molecule has 0 radical (unpaired) electrons. The Kier molecular flexibility index (Phi) is 9.52. The molecule has 6 rings (SSSR count). The number of halogens is 1. The molecule has 1 aliphatic carbocycles. The first-order valence-corrected chi connectivity index (χ1v) is 16.0. The van der Waals surface area contributed by atoms with Gasteiger partial charge in [0.15, 0.2) is 0 Å². The van der Waals surface area contributed by atoms with Crippen molar-refractivity contribution in [2.45, 2.75) is 57.4 Å². The van der Waals surface area contributed by atoms with Crippen molar-refractivity contribution in [1.29, 1.82) is 0 Å². The molecule has 4 aromatic rings. The number of rotatable bonds is 11. The van der Waals surface area contributed by atoms with Crippen LogP contribution in [0.4, 0.5) is 5.69 Å². The number of piperazine rings is 1. The van der Waals surface area contributed by atoms with Gasteiger partial charge >= 0.3 is 0 Å². The van der Waals surface area contributed by atoms with Crippen molar-refractivity contribution in [1.82, 2.24) is 14.8 Å². The van der Waals surface area contributed by atoms with E-state index in [4.69, 9.17) is 16.6 Å². The molecular weight excluding hydrogens is 524 g/mol. The Morgan fingerprint density at radius 1 is 0.805 bits per heavy atom. The van der Waals surface area contributed by atoms with E-state index in [9.17, 15) is 0 Å². The van der Waals surface area contributed by atoms with Crippen molar-refractivity contribution < 1.29 is 0 Å². The smallest absolute Gasteiger partial charge is 0.0741 e. The van der Waals surface area contributed by atoms with Crippen molar-refractivity contribution in [2.24, 2.45) is 0 Å². The van der Waals surface area contributed by atoms with Gasteiger partial charge in [0.05, 0.1) is 5.52 Å². The van der Waals surface area contributed by atoms with E-state index in [0.717, 1.165) is 62.5 Å². The van der Waals surface area contributed by atoms with Crippen LogP contribution in [-0.2, 0) is 19.3 Å². The normalized spacial score (nSPS) is 16.9. The number of nitrogens with zero attached hydrogens (tertiary/aromatic N) is 3. The van der Waals surface area contributed by atoms with Crippen molar-refractivity contribution in [3.05, 3.63) is 106 Å². The van der Waals surface area contributed by atoms with Crippen LogP contribution in [0.15, 0.2) is 78.9 Å². The van der Waals surface area contributed by atoms with E-state index in [1.54, 1.807) is 0 Å². The van der Waals surface area contributed by atoms with Gasteiger partial charge in [-0.1, -0.05) is 78.7 Å². The van der Waals surface area contributed by atoms with Gasteiger partial charge in [0.25, 0.3) is 0 Å². The second-order valence-electron chi connectivity index (χ2n) is 11.8. The van der Waals surface area contributed by atoms with Gasteiger partial charge in [-0.05, 0) is 86.4 Å². The molecular formula is C36H43ClN4. The molecule has 0 spiro atoms. The maximum atomic E-state index is 6.30. The van der Waals surface area contributed by atoms with E-state index in [1.165, 1.54) is 72.1 Å². The fraction of sp³-hybridized carbons (Fsp3) is 0.417. The molecule has 0 bridgehead atoms. The summed E-state index contributed by atoms with van der Waals surface area (Å²) in [4.78, 5) is 10.3. The first-order valence-electron chi connectivity index (χ1n) is 15.6. The number of aryl methyl sites for hydroxylation is 1. The van der Waals surface area contributed by atoms with Gasteiger partial charge in [0.2, 0.25) is 0 Å². The lowest BCUT2D eigenvalue weighted by atomic mass is 9.92. The third-order valence-electron chi connectivity index (χ3n) is 8.98. The lowest BCUT2D eigenvalue weighted by molar-refractivity contribution is 0.0943. The zero-order valence-corrected chi connectivity index (χ0v) is 25.0. The van der Waals surface area contributed by atoms with E-state index in [1.807, 2.05) is 12.1 Å². The summed E-state index contributed by atoms with van der Waals surface area (Å²) in [5.41, 5.74) is 7.89. The van der Waals surface area contributed by atoms with Gasteiger partial charge in [-0.2, -0.15) is 0 Å². The van der Waals surface area contributed by atoms with Crippen LogP contribution in [0, 0.1) is 0 Å². The summed E-state index contributed by atoms with van der Waals surface area (Å²) >= 11 is 6.30. The Hall–Kier alpha value is -2.92. The third-order valence-corrected chi connectivity index (χ3v) is 9.22. The quantitative estimate of drug-likeness (QED) is 0.187. The summed E-state index contributed by atoms with van der Waals surface area (Å²) < 4.78 is 0. The molecule has 0 saturated carbocycles. The number of nitrogens with one attached hydrogen (secondary N) is 1. The van der Waals surface area contributed by atoms with Gasteiger partial charge in [-0.3, -0.25) is 9.88 Å². The number of anilines is 1. The molecule has 41 heavy (non-hydrogen) atoms. The monoisotopic (exact) mass is 566 g/mol. The van der Waals surface area contributed by atoms with Crippen LogP contribution in [0.3, 0.4) is 0 Å². The summed E-state index contributed by atoms with van der Waals surface area (Å²) in [6.45, 7) is 6.81. The Morgan fingerprint density at radius 2 is 1.56 bits per heavy atom. The minimum atomic E-state index is 0.442. The molecule has 3 aromatic carbocycles. The molecule has 1 unspecified atom stereocenters. The van der Waals surface area contributed by atoms with Crippen LogP contribution in [-0.4, -0.2) is 54.1 Å². The summed E-state index contributed by atoms with van der Waals surface area (Å²) in [6, 6.07) is 28.6. The Morgan fingerprint density at radius 3 is 2.37 bits per heavy atom. The molecule has 2 heterocycles.